The maximum atomic E-state index is 4.51. The van der Waals surface area contributed by atoms with Gasteiger partial charge in [0.15, 0.2) is 5.82 Å². The SMILES string of the molecule is c1c(N2CCN(CC3CCCNC3)CC2)n[nH]c1C1CC1. The molecule has 5 heteroatoms. The number of H-pyrrole nitrogens is 1. The quantitative estimate of drug-likeness (QED) is 0.880. The number of hydrogen-bond donors (Lipinski definition) is 2. The topological polar surface area (TPSA) is 47.2 Å². The Morgan fingerprint density at radius 2 is 2.00 bits per heavy atom. The van der Waals surface area contributed by atoms with E-state index in [-0.39, 0.29) is 0 Å². The maximum absolute atomic E-state index is 4.51. The monoisotopic (exact) mass is 289 g/mol. The lowest BCUT2D eigenvalue weighted by molar-refractivity contribution is 0.198. The van der Waals surface area contributed by atoms with Gasteiger partial charge < -0.3 is 10.2 Å². The minimum Gasteiger partial charge on any atom is -0.353 e. The van der Waals surface area contributed by atoms with Crippen LogP contribution in [0, 0.1) is 5.92 Å². The van der Waals surface area contributed by atoms with Crippen LogP contribution in [0.15, 0.2) is 6.07 Å². The highest BCUT2D eigenvalue weighted by atomic mass is 15.3. The largest absolute Gasteiger partial charge is 0.353 e. The van der Waals surface area contributed by atoms with Crippen molar-refractivity contribution in [2.24, 2.45) is 5.92 Å². The molecule has 2 saturated heterocycles. The lowest BCUT2D eigenvalue weighted by Gasteiger charge is -2.37. The molecular formula is C16H27N5. The van der Waals surface area contributed by atoms with Crippen LogP contribution in [-0.4, -0.2) is 60.9 Å². The second kappa shape index (κ2) is 5.97. The molecule has 1 aliphatic carbocycles. The fourth-order valence-electron chi connectivity index (χ4n) is 3.70. The summed E-state index contributed by atoms with van der Waals surface area (Å²) in [7, 11) is 0. The molecule has 3 heterocycles. The van der Waals surface area contributed by atoms with E-state index in [0.29, 0.717) is 0 Å². The van der Waals surface area contributed by atoms with Gasteiger partial charge in [-0.3, -0.25) is 10.00 Å². The van der Waals surface area contributed by atoms with Crippen molar-refractivity contribution in [3.63, 3.8) is 0 Å². The summed E-state index contributed by atoms with van der Waals surface area (Å²) < 4.78 is 0. The summed E-state index contributed by atoms with van der Waals surface area (Å²) in [5.74, 6) is 2.79. The Morgan fingerprint density at radius 3 is 2.71 bits per heavy atom. The Balaban J connectivity index is 1.27. The molecule has 1 atom stereocenters. The van der Waals surface area contributed by atoms with E-state index in [9.17, 15) is 0 Å². The fraction of sp³-hybridized carbons (Fsp3) is 0.812. The van der Waals surface area contributed by atoms with Crippen LogP contribution < -0.4 is 10.2 Å². The molecule has 116 valence electrons. The van der Waals surface area contributed by atoms with Crippen LogP contribution in [0.4, 0.5) is 5.82 Å². The van der Waals surface area contributed by atoms with Gasteiger partial charge >= 0.3 is 0 Å². The first kappa shape index (κ1) is 13.6. The van der Waals surface area contributed by atoms with Crippen LogP contribution in [0.1, 0.15) is 37.3 Å². The zero-order valence-corrected chi connectivity index (χ0v) is 12.9. The van der Waals surface area contributed by atoms with E-state index in [1.165, 1.54) is 64.1 Å². The van der Waals surface area contributed by atoms with E-state index in [1.807, 2.05) is 0 Å². The fourth-order valence-corrected chi connectivity index (χ4v) is 3.70. The van der Waals surface area contributed by atoms with E-state index in [1.54, 1.807) is 0 Å². The minimum atomic E-state index is 0.770. The molecular weight excluding hydrogens is 262 g/mol. The summed E-state index contributed by atoms with van der Waals surface area (Å²) in [6, 6.07) is 2.28. The van der Waals surface area contributed by atoms with Gasteiger partial charge in [0.05, 0.1) is 0 Å². The molecule has 0 amide bonds. The average Bonchev–Trinajstić information content (AvgIpc) is 3.27. The summed E-state index contributed by atoms with van der Waals surface area (Å²) in [6.07, 6.45) is 5.43. The molecule has 1 unspecified atom stereocenters. The number of piperidine rings is 1. The van der Waals surface area contributed by atoms with Crippen molar-refractivity contribution in [3.05, 3.63) is 11.8 Å². The van der Waals surface area contributed by atoms with Gasteiger partial charge in [0.1, 0.15) is 0 Å². The van der Waals surface area contributed by atoms with Crippen LogP contribution in [0.2, 0.25) is 0 Å². The molecule has 5 nitrogen and oxygen atoms in total. The van der Waals surface area contributed by atoms with Crippen molar-refractivity contribution in [2.75, 3.05) is 50.7 Å². The summed E-state index contributed by atoms with van der Waals surface area (Å²) >= 11 is 0. The van der Waals surface area contributed by atoms with Crippen LogP contribution in [-0.2, 0) is 0 Å². The van der Waals surface area contributed by atoms with Gasteiger partial charge in [0, 0.05) is 50.4 Å². The van der Waals surface area contributed by atoms with E-state index < -0.39 is 0 Å². The number of aromatic amines is 1. The molecule has 4 rings (SSSR count). The predicted molar refractivity (Wildman–Crippen MR) is 84.8 cm³/mol. The van der Waals surface area contributed by atoms with Crippen molar-refractivity contribution in [3.8, 4) is 0 Å². The van der Waals surface area contributed by atoms with Crippen molar-refractivity contribution in [2.45, 2.75) is 31.6 Å². The highest BCUT2D eigenvalue weighted by Crippen LogP contribution is 2.39. The lowest BCUT2D eigenvalue weighted by Crippen LogP contribution is -2.49. The molecule has 1 saturated carbocycles. The molecule has 3 aliphatic rings. The molecule has 0 bridgehead atoms. The third-order valence-electron chi connectivity index (χ3n) is 5.21. The Bertz CT molecular complexity index is 453. The van der Waals surface area contributed by atoms with Crippen LogP contribution >= 0.6 is 0 Å². The van der Waals surface area contributed by atoms with Gasteiger partial charge in [-0.25, -0.2) is 0 Å². The standard InChI is InChI=1S/C16H27N5/c1-2-13(11-17-5-1)12-20-6-8-21(9-7-20)16-10-15(18-19-16)14-3-4-14/h10,13-14,17H,1-9,11-12H2,(H,18,19). The van der Waals surface area contributed by atoms with E-state index in [2.05, 4.69) is 31.4 Å². The number of anilines is 1. The third-order valence-corrected chi connectivity index (χ3v) is 5.21. The highest BCUT2D eigenvalue weighted by Gasteiger charge is 2.27. The molecule has 0 aromatic carbocycles. The van der Waals surface area contributed by atoms with Crippen molar-refractivity contribution in [1.29, 1.82) is 0 Å². The van der Waals surface area contributed by atoms with Gasteiger partial charge in [0.25, 0.3) is 0 Å². The number of hydrogen-bond acceptors (Lipinski definition) is 4. The van der Waals surface area contributed by atoms with Crippen LogP contribution in [0.25, 0.3) is 0 Å². The predicted octanol–water partition coefficient (Wildman–Crippen LogP) is 1.41. The minimum absolute atomic E-state index is 0.770. The van der Waals surface area contributed by atoms with Gasteiger partial charge in [-0.1, -0.05) is 0 Å². The molecule has 3 fully saturated rings. The number of piperazine rings is 1. The van der Waals surface area contributed by atoms with Crippen LogP contribution in [0.5, 0.6) is 0 Å². The summed E-state index contributed by atoms with van der Waals surface area (Å²) in [5, 5.41) is 11.3. The Hall–Kier alpha value is -1.07. The summed E-state index contributed by atoms with van der Waals surface area (Å²) in [6.45, 7) is 8.31. The van der Waals surface area contributed by atoms with E-state index >= 15 is 0 Å². The molecule has 1 aromatic rings. The normalized spacial score (nSPS) is 28.0. The second-order valence-corrected chi connectivity index (χ2v) is 6.96. The van der Waals surface area contributed by atoms with Crippen molar-refractivity contribution >= 4 is 5.82 Å². The first-order chi connectivity index (χ1) is 10.4. The number of rotatable bonds is 4. The zero-order valence-electron chi connectivity index (χ0n) is 12.9. The van der Waals surface area contributed by atoms with Crippen molar-refractivity contribution in [1.82, 2.24) is 20.4 Å². The van der Waals surface area contributed by atoms with Gasteiger partial charge in [-0.05, 0) is 44.7 Å². The molecule has 0 spiro atoms. The highest BCUT2D eigenvalue weighted by molar-refractivity contribution is 5.41. The third kappa shape index (κ3) is 3.24. The summed E-state index contributed by atoms with van der Waals surface area (Å²) in [4.78, 5) is 5.08. The Morgan fingerprint density at radius 1 is 1.14 bits per heavy atom. The van der Waals surface area contributed by atoms with Gasteiger partial charge in [0.2, 0.25) is 0 Å². The first-order valence-electron chi connectivity index (χ1n) is 8.62. The smallest absolute Gasteiger partial charge is 0.150 e. The number of aromatic nitrogens is 2. The average molecular weight is 289 g/mol. The molecule has 1 aromatic heterocycles. The Labute approximate surface area is 127 Å². The van der Waals surface area contributed by atoms with Gasteiger partial charge in [-0.15, -0.1) is 0 Å². The second-order valence-electron chi connectivity index (χ2n) is 6.96. The molecule has 0 radical (unpaired) electrons. The maximum Gasteiger partial charge on any atom is 0.150 e. The number of nitrogens with zero attached hydrogens (tertiary/aromatic N) is 3. The van der Waals surface area contributed by atoms with E-state index in [4.69, 9.17) is 0 Å². The summed E-state index contributed by atoms with van der Waals surface area (Å²) in [5.41, 5.74) is 1.35. The number of nitrogens with one attached hydrogen (secondary N) is 2. The first-order valence-corrected chi connectivity index (χ1v) is 8.62. The molecule has 21 heavy (non-hydrogen) atoms. The van der Waals surface area contributed by atoms with E-state index in [0.717, 1.165) is 30.7 Å². The molecule has 2 aliphatic heterocycles. The Kier molecular flexibility index (Phi) is 3.86. The van der Waals surface area contributed by atoms with Crippen LogP contribution in [0.3, 0.4) is 0 Å². The lowest BCUT2D eigenvalue weighted by atomic mass is 9.99. The molecule has 2 N–H and O–H groups in total. The van der Waals surface area contributed by atoms with Crippen molar-refractivity contribution < 1.29 is 0 Å². The zero-order chi connectivity index (χ0) is 14.1. The van der Waals surface area contributed by atoms with Gasteiger partial charge in [-0.2, -0.15) is 5.10 Å².